The molecule has 174 valence electrons. The van der Waals surface area contributed by atoms with Crippen LogP contribution < -0.4 is 5.32 Å². The van der Waals surface area contributed by atoms with Gasteiger partial charge >= 0.3 is 6.09 Å². The number of aromatic nitrogens is 4. The van der Waals surface area contributed by atoms with E-state index in [0.717, 1.165) is 24.2 Å². The minimum Gasteiger partial charge on any atom is -0.444 e. The van der Waals surface area contributed by atoms with Crippen molar-refractivity contribution in [2.45, 2.75) is 51.8 Å². The average molecular weight is 451 g/mol. The summed E-state index contributed by atoms with van der Waals surface area (Å²) in [5.41, 5.74) is 1.02. The number of nitrogens with one attached hydrogen (secondary N) is 1. The van der Waals surface area contributed by atoms with Gasteiger partial charge in [0.1, 0.15) is 11.3 Å². The molecule has 0 aliphatic carbocycles. The van der Waals surface area contributed by atoms with Crippen molar-refractivity contribution in [3.8, 4) is 5.82 Å². The minimum absolute atomic E-state index is 0.134. The molecular weight excluding hydrogens is 420 g/mol. The molecule has 4 rings (SSSR count). The van der Waals surface area contributed by atoms with Gasteiger partial charge < -0.3 is 19.5 Å². The molecule has 1 aliphatic rings. The van der Waals surface area contributed by atoms with Crippen LogP contribution in [0.25, 0.3) is 5.82 Å². The summed E-state index contributed by atoms with van der Waals surface area (Å²) >= 11 is 0. The second-order valence-electron chi connectivity index (χ2n) is 9.16. The highest BCUT2D eigenvalue weighted by Crippen LogP contribution is 2.25. The average Bonchev–Trinajstić information content (AvgIpc) is 3.49. The Morgan fingerprint density at radius 2 is 1.91 bits per heavy atom. The minimum atomic E-state index is -0.505. The lowest BCUT2D eigenvalue weighted by Crippen LogP contribution is -2.42. The van der Waals surface area contributed by atoms with Crippen molar-refractivity contribution in [2.75, 3.05) is 13.1 Å². The molecule has 3 aromatic rings. The van der Waals surface area contributed by atoms with E-state index in [9.17, 15) is 9.59 Å². The normalized spacial score (nSPS) is 14.8. The van der Waals surface area contributed by atoms with Gasteiger partial charge in [0.05, 0.1) is 0 Å². The Labute approximate surface area is 193 Å². The first-order chi connectivity index (χ1) is 15.8. The molecule has 9 heteroatoms. The van der Waals surface area contributed by atoms with E-state index in [1.54, 1.807) is 22.0 Å². The van der Waals surface area contributed by atoms with Crippen LogP contribution in [0.1, 0.15) is 55.7 Å². The summed E-state index contributed by atoms with van der Waals surface area (Å²) in [4.78, 5) is 31.3. The molecule has 0 aromatic carbocycles. The summed E-state index contributed by atoms with van der Waals surface area (Å²) in [7, 11) is 0. The third kappa shape index (κ3) is 5.60. The van der Waals surface area contributed by atoms with Gasteiger partial charge in [0.2, 0.25) is 0 Å². The predicted molar refractivity (Wildman–Crippen MR) is 123 cm³/mol. The van der Waals surface area contributed by atoms with Crippen LogP contribution in [0.2, 0.25) is 0 Å². The maximum Gasteiger partial charge on any atom is 0.410 e. The number of pyridine rings is 1. The third-order valence-electron chi connectivity index (χ3n) is 5.52. The summed E-state index contributed by atoms with van der Waals surface area (Å²) in [6.45, 7) is 7.19. The van der Waals surface area contributed by atoms with Crippen LogP contribution in [0.5, 0.6) is 0 Å². The van der Waals surface area contributed by atoms with E-state index in [4.69, 9.17) is 4.74 Å². The fourth-order valence-electron chi connectivity index (χ4n) is 3.89. The Hall–Kier alpha value is -3.62. The van der Waals surface area contributed by atoms with Crippen molar-refractivity contribution in [3.63, 3.8) is 0 Å². The molecule has 0 radical (unpaired) electrons. The Bertz CT molecular complexity index is 1070. The van der Waals surface area contributed by atoms with Gasteiger partial charge in [-0.05, 0) is 63.4 Å². The molecule has 0 bridgehead atoms. The lowest BCUT2D eigenvalue weighted by atomic mass is 10.0. The third-order valence-corrected chi connectivity index (χ3v) is 5.52. The summed E-state index contributed by atoms with van der Waals surface area (Å²) in [5.74, 6) is 0.590. The molecule has 0 spiro atoms. The zero-order valence-corrected chi connectivity index (χ0v) is 19.3. The molecule has 1 fully saturated rings. The maximum absolute atomic E-state index is 12.9. The number of amides is 2. The maximum atomic E-state index is 12.9. The van der Waals surface area contributed by atoms with Crippen LogP contribution in [-0.4, -0.2) is 54.9 Å². The van der Waals surface area contributed by atoms with E-state index in [-0.39, 0.29) is 18.0 Å². The van der Waals surface area contributed by atoms with Gasteiger partial charge in [0.25, 0.3) is 5.91 Å². The summed E-state index contributed by atoms with van der Waals surface area (Å²) in [6.07, 6.45) is 8.47. The van der Waals surface area contributed by atoms with Crippen LogP contribution in [-0.2, 0) is 11.3 Å². The van der Waals surface area contributed by atoms with Gasteiger partial charge in [-0.1, -0.05) is 6.07 Å². The first-order valence-electron chi connectivity index (χ1n) is 11.2. The molecule has 1 N–H and O–H groups in total. The fraction of sp³-hybridized carbons (Fsp3) is 0.417. The molecule has 2 amide bonds. The predicted octanol–water partition coefficient (Wildman–Crippen LogP) is 3.57. The van der Waals surface area contributed by atoms with Gasteiger partial charge in [0, 0.05) is 50.5 Å². The summed E-state index contributed by atoms with van der Waals surface area (Å²) < 4.78 is 9.17. The number of rotatable bonds is 5. The Morgan fingerprint density at radius 3 is 2.55 bits per heavy atom. The molecule has 33 heavy (non-hydrogen) atoms. The summed E-state index contributed by atoms with van der Waals surface area (Å²) in [6, 6.07) is 9.51. The number of hydrogen-bond donors (Lipinski definition) is 1. The van der Waals surface area contributed by atoms with Gasteiger partial charge in [-0.25, -0.2) is 14.5 Å². The van der Waals surface area contributed by atoms with Crippen LogP contribution >= 0.6 is 0 Å². The second-order valence-corrected chi connectivity index (χ2v) is 9.16. The van der Waals surface area contributed by atoms with E-state index in [2.05, 4.69) is 15.4 Å². The molecule has 1 aliphatic heterocycles. The molecule has 0 atom stereocenters. The van der Waals surface area contributed by atoms with Gasteiger partial charge in [-0.15, -0.1) is 0 Å². The van der Waals surface area contributed by atoms with Crippen LogP contribution in [0.3, 0.4) is 0 Å². The smallest absolute Gasteiger partial charge is 0.410 e. The van der Waals surface area contributed by atoms with Crippen molar-refractivity contribution in [2.24, 2.45) is 0 Å². The Kier molecular flexibility index (Phi) is 6.48. The summed E-state index contributed by atoms with van der Waals surface area (Å²) in [5, 5.41) is 7.14. The van der Waals surface area contributed by atoms with Crippen molar-refractivity contribution in [1.82, 2.24) is 29.5 Å². The van der Waals surface area contributed by atoms with Crippen LogP contribution in [0.15, 0.2) is 55.1 Å². The fourth-order valence-corrected chi connectivity index (χ4v) is 3.89. The number of ether oxygens (including phenoxy) is 1. The first kappa shape index (κ1) is 22.6. The SMILES string of the molecule is CC(C)(C)OC(=O)N1CCC(n2cccc2C(=O)NCc2ccc(-n3cccn3)nc2)CC1. The number of carbonyl (C=O) groups excluding carboxylic acids is 2. The largest absolute Gasteiger partial charge is 0.444 e. The molecule has 0 unspecified atom stereocenters. The second kappa shape index (κ2) is 9.48. The zero-order chi connectivity index (χ0) is 23.4. The quantitative estimate of drug-likeness (QED) is 0.641. The van der Waals surface area contributed by atoms with Crippen LogP contribution in [0, 0.1) is 0 Å². The van der Waals surface area contributed by atoms with Gasteiger partial charge in [-0.3, -0.25) is 4.79 Å². The molecule has 3 aromatic heterocycles. The number of likely N-dealkylation sites (tertiary alicyclic amines) is 1. The highest BCUT2D eigenvalue weighted by Gasteiger charge is 2.28. The van der Waals surface area contributed by atoms with Gasteiger partial charge in [0.15, 0.2) is 5.82 Å². The van der Waals surface area contributed by atoms with Crippen molar-refractivity contribution in [1.29, 1.82) is 0 Å². The lowest BCUT2D eigenvalue weighted by Gasteiger charge is -2.34. The first-order valence-corrected chi connectivity index (χ1v) is 11.2. The molecule has 4 heterocycles. The monoisotopic (exact) mass is 450 g/mol. The van der Waals surface area contributed by atoms with Crippen molar-refractivity contribution in [3.05, 3.63) is 66.4 Å². The van der Waals surface area contributed by atoms with E-state index in [1.807, 2.05) is 68.1 Å². The number of nitrogens with zero attached hydrogens (tertiary/aromatic N) is 5. The highest BCUT2D eigenvalue weighted by molar-refractivity contribution is 5.92. The van der Waals surface area contributed by atoms with Gasteiger partial charge in [-0.2, -0.15) is 5.10 Å². The Balaban J connectivity index is 1.32. The van der Waals surface area contributed by atoms with E-state index in [0.29, 0.717) is 25.3 Å². The standard InChI is InChI=1S/C24H30N6O3/c1-24(2,3)33-23(32)28-14-9-19(10-15-28)29-12-4-6-20(29)22(31)26-17-18-7-8-21(25-16-18)30-13-5-11-27-30/h4-8,11-13,16,19H,9-10,14-15,17H2,1-3H3,(H,26,31). The van der Waals surface area contributed by atoms with Crippen molar-refractivity contribution < 1.29 is 14.3 Å². The van der Waals surface area contributed by atoms with E-state index >= 15 is 0 Å². The van der Waals surface area contributed by atoms with Crippen molar-refractivity contribution >= 4 is 12.0 Å². The van der Waals surface area contributed by atoms with E-state index in [1.165, 1.54) is 0 Å². The molecular formula is C24H30N6O3. The molecule has 9 nitrogen and oxygen atoms in total. The Morgan fingerprint density at radius 1 is 1.12 bits per heavy atom. The molecule has 1 saturated heterocycles. The molecule has 0 saturated carbocycles. The van der Waals surface area contributed by atoms with E-state index < -0.39 is 5.60 Å². The number of carbonyl (C=O) groups is 2. The topological polar surface area (TPSA) is 94.3 Å². The zero-order valence-electron chi connectivity index (χ0n) is 19.3. The number of piperidine rings is 1. The lowest BCUT2D eigenvalue weighted by molar-refractivity contribution is 0.0187. The highest BCUT2D eigenvalue weighted by atomic mass is 16.6. The number of hydrogen-bond acceptors (Lipinski definition) is 5. The van der Waals surface area contributed by atoms with Crippen LogP contribution in [0.4, 0.5) is 4.79 Å².